The van der Waals surface area contributed by atoms with Crippen LogP contribution in [0, 0.1) is 6.92 Å². The van der Waals surface area contributed by atoms with Crippen LogP contribution in [-0.2, 0) is 4.74 Å². The van der Waals surface area contributed by atoms with E-state index in [4.69, 9.17) is 9.47 Å². The van der Waals surface area contributed by atoms with Gasteiger partial charge in [-0.15, -0.1) is 0 Å². The summed E-state index contributed by atoms with van der Waals surface area (Å²) in [5.41, 5.74) is 2.67. The summed E-state index contributed by atoms with van der Waals surface area (Å²) in [6.07, 6.45) is 4.01. The Labute approximate surface area is 170 Å². The second-order valence-electron chi connectivity index (χ2n) is 7.65. The lowest BCUT2D eigenvalue weighted by Crippen LogP contribution is -2.17. The van der Waals surface area contributed by atoms with Gasteiger partial charge in [-0.25, -0.2) is 9.67 Å². The minimum Gasteiger partial charge on any atom is -0.491 e. The average molecular weight is 394 g/mol. The quantitative estimate of drug-likeness (QED) is 0.680. The fraction of sp³-hybridized carbons (Fsp3) is 0.409. The lowest BCUT2D eigenvalue weighted by molar-refractivity contribution is 0.0680. The minimum absolute atomic E-state index is 0.153. The van der Waals surface area contributed by atoms with Crippen molar-refractivity contribution in [1.82, 2.24) is 14.8 Å². The number of nitrogens with one attached hydrogen (secondary N) is 1. The van der Waals surface area contributed by atoms with Crippen LogP contribution in [0.2, 0.25) is 0 Å². The van der Waals surface area contributed by atoms with E-state index >= 15 is 0 Å². The second kappa shape index (κ2) is 8.21. The van der Waals surface area contributed by atoms with Gasteiger partial charge >= 0.3 is 0 Å². The molecule has 1 aromatic carbocycles. The lowest BCUT2D eigenvalue weighted by Gasteiger charge is -2.13. The third kappa shape index (κ3) is 4.24. The van der Waals surface area contributed by atoms with Crippen LogP contribution in [-0.4, -0.2) is 40.0 Å². The molecule has 1 fully saturated rings. The van der Waals surface area contributed by atoms with Gasteiger partial charge in [-0.1, -0.05) is 6.07 Å². The Morgan fingerprint density at radius 3 is 3.00 bits per heavy atom. The van der Waals surface area contributed by atoms with Gasteiger partial charge in [0.25, 0.3) is 5.91 Å². The molecule has 0 bridgehead atoms. The number of rotatable bonds is 6. The fourth-order valence-electron chi connectivity index (χ4n) is 3.50. The van der Waals surface area contributed by atoms with E-state index in [-0.39, 0.29) is 18.1 Å². The Kier molecular flexibility index (Phi) is 5.49. The smallest absolute Gasteiger partial charge is 0.257 e. The molecule has 0 aliphatic carbocycles. The van der Waals surface area contributed by atoms with Crippen molar-refractivity contribution < 1.29 is 14.3 Å². The van der Waals surface area contributed by atoms with E-state index in [0.29, 0.717) is 29.3 Å². The maximum atomic E-state index is 12.9. The first kappa shape index (κ1) is 19.4. The summed E-state index contributed by atoms with van der Waals surface area (Å²) in [5.74, 6) is 0.507. The number of benzene rings is 1. The number of pyridine rings is 1. The van der Waals surface area contributed by atoms with Gasteiger partial charge in [0.15, 0.2) is 5.65 Å². The van der Waals surface area contributed by atoms with Gasteiger partial charge in [0.1, 0.15) is 12.4 Å². The molecular formula is C22H26N4O3. The molecule has 1 aliphatic rings. The van der Waals surface area contributed by atoms with Crippen LogP contribution in [0.15, 0.2) is 36.5 Å². The Bertz CT molecular complexity index is 1020. The number of carbonyl (C=O) groups is 1. The van der Waals surface area contributed by atoms with Gasteiger partial charge in [0, 0.05) is 29.8 Å². The molecule has 29 heavy (non-hydrogen) atoms. The van der Waals surface area contributed by atoms with Crippen molar-refractivity contribution in [2.75, 3.05) is 18.5 Å². The number of anilines is 1. The Morgan fingerprint density at radius 1 is 1.38 bits per heavy atom. The van der Waals surface area contributed by atoms with Gasteiger partial charge in [0.2, 0.25) is 0 Å². The summed E-state index contributed by atoms with van der Waals surface area (Å²) in [6, 6.07) is 9.46. The highest BCUT2D eigenvalue weighted by molar-refractivity contribution is 6.06. The first-order chi connectivity index (χ1) is 14.0. The maximum absolute atomic E-state index is 12.9. The van der Waals surface area contributed by atoms with Crippen LogP contribution in [0.3, 0.4) is 0 Å². The van der Waals surface area contributed by atoms with Crippen LogP contribution in [0.4, 0.5) is 5.69 Å². The maximum Gasteiger partial charge on any atom is 0.257 e. The molecule has 0 spiro atoms. The van der Waals surface area contributed by atoms with E-state index in [2.05, 4.69) is 29.2 Å². The molecule has 4 rings (SSSR count). The average Bonchev–Trinajstić information content (AvgIpc) is 3.35. The number of fused-ring (bicyclic) bond motifs is 1. The molecule has 3 aromatic rings. The van der Waals surface area contributed by atoms with E-state index in [1.807, 2.05) is 41.9 Å². The van der Waals surface area contributed by atoms with Gasteiger partial charge < -0.3 is 14.8 Å². The Balaban J connectivity index is 1.49. The van der Waals surface area contributed by atoms with E-state index < -0.39 is 0 Å². The molecule has 1 aliphatic heterocycles. The highest BCUT2D eigenvalue weighted by Gasteiger charge is 2.17. The van der Waals surface area contributed by atoms with Crippen LogP contribution in [0.1, 0.15) is 48.8 Å². The number of nitrogens with zero attached hydrogens (tertiary/aromatic N) is 3. The van der Waals surface area contributed by atoms with Crippen LogP contribution < -0.4 is 10.1 Å². The lowest BCUT2D eigenvalue weighted by atomic mass is 10.1. The predicted octanol–water partition coefficient (Wildman–Crippen LogP) is 4.13. The van der Waals surface area contributed by atoms with Crippen molar-refractivity contribution >= 4 is 22.6 Å². The van der Waals surface area contributed by atoms with Crippen molar-refractivity contribution in [1.29, 1.82) is 0 Å². The van der Waals surface area contributed by atoms with Crippen molar-refractivity contribution in [3.8, 4) is 5.75 Å². The Hall–Kier alpha value is -2.93. The van der Waals surface area contributed by atoms with Crippen molar-refractivity contribution in [3.05, 3.63) is 47.8 Å². The van der Waals surface area contributed by atoms with Gasteiger partial charge in [-0.2, -0.15) is 5.10 Å². The normalized spacial score (nSPS) is 16.5. The van der Waals surface area contributed by atoms with E-state index in [9.17, 15) is 4.79 Å². The molecule has 1 amide bonds. The second-order valence-corrected chi connectivity index (χ2v) is 7.65. The summed E-state index contributed by atoms with van der Waals surface area (Å²) >= 11 is 0. The van der Waals surface area contributed by atoms with E-state index in [1.54, 1.807) is 6.20 Å². The highest BCUT2D eigenvalue weighted by atomic mass is 16.5. The zero-order chi connectivity index (χ0) is 20.4. The van der Waals surface area contributed by atoms with Crippen molar-refractivity contribution in [2.45, 2.75) is 45.8 Å². The van der Waals surface area contributed by atoms with E-state index in [1.165, 1.54) is 0 Å². The molecule has 1 N–H and O–H groups in total. The zero-order valence-corrected chi connectivity index (χ0v) is 17.0. The first-order valence-corrected chi connectivity index (χ1v) is 10.0. The molecule has 1 saturated heterocycles. The number of ether oxygens (including phenoxy) is 2. The summed E-state index contributed by atoms with van der Waals surface area (Å²) in [5, 5.41) is 8.18. The molecule has 1 unspecified atom stereocenters. The van der Waals surface area contributed by atoms with Crippen molar-refractivity contribution in [3.63, 3.8) is 0 Å². The molecule has 2 aromatic heterocycles. The first-order valence-electron chi connectivity index (χ1n) is 10.0. The third-order valence-corrected chi connectivity index (χ3v) is 5.05. The van der Waals surface area contributed by atoms with Gasteiger partial charge in [-0.3, -0.25) is 4.79 Å². The zero-order valence-electron chi connectivity index (χ0n) is 17.0. The molecule has 7 heteroatoms. The standard InChI is InChI=1S/C22H26N4O3/c1-14(2)26-21-16(12-23-26)10-20(15(3)24-21)22(27)25-17-6-4-7-18(11-17)29-13-19-8-5-9-28-19/h4,6-7,10-12,14,19H,5,8-9,13H2,1-3H3,(H,25,27). The third-order valence-electron chi connectivity index (χ3n) is 5.05. The van der Waals surface area contributed by atoms with Crippen LogP contribution in [0.25, 0.3) is 11.0 Å². The number of aryl methyl sites for hydroxylation is 1. The monoisotopic (exact) mass is 394 g/mol. The molecule has 3 heterocycles. The van der Waals surface area contributed by atoms with Gasteiger partial charge in [-0.05, 0) is 51.8 Å². The number of amides is 1. The fourth-order valence-corrected chi connectivity index (χ4v) is 3.50. The molecular weight excluding hydrogens is 368 g/mol. The summed E-state index contributed by atoms with van der Waals surface area (Å²) in [7, 11) is 0. The highest BCUT2D eigenvalue weighted by Crippen LogP contribution is 2.23. The van der Waals surface area contributed by atoms with E-state index in [0.717, 1.165) is 30.5 Å². The number of carbonyl (C=O) groups excluding carboxylic acids is 1. The Morgan fingerprint density at radius 2 is 2.24 bits per heavy atom. The van der Waals surface area contributed by atoms with Crippen LogP contribution >= 0.6 is 0 Å². The SMILES string of the molecule is Cc1nc2c(cnn2C(C)C)cc1C(=O)Nc1cccc(OCC2CCCO2)c1. The molecule has 1 atom stereocenters. The number of aromatic nitrogens is 3. The summed E-state index contributed by atoms with van der Waals surface area (Å²) in [4.78, 5) is 17.5. The number of hydrogen-bond acceptors (Lipinski definition) is 5. The predicted molar refractivity (Wildman–Crippen MR) is 112 cm³/mol. The van der Waals surface area contributed by atoms with Crippen LogP contribution in [0.5, 0.6) is 5.75 Å². The van der Waals surface area contributed by atoms with Crippen molar-refractivity contribution in [2.24, 2.45) is 0 Å². The largest absolute Gasteiger partial charge is 0.491 e. The molecule has 0 radical (unpaired) electrons. The summed E-state index contributed by atoms with van der Waals surface area (Å²) < 4.78 is 13.3. The topological polar surface area (TPSA) is 78.3 Å². The van der Waals surface area contributed by atoms with Gasteiger partial charge in [0.05, 0.1) is 23.6 Å². The minimum atomic E-state index is -0.203. The number of hydrogen-bond donors (Lipinski definition) is 1. The molecule has 7 nitrogen and oxygen atoms in total. The molecule has 0 saturated carbocycles. The molecule has 152 valence electrons. The summed E-state index contributed by atoms with van der Waals surface area (Å²) in [6.45, 7) is 7.28.